The molecule has 0 bridgehead atoms. The van der Waals surface area contributed by atoms with Crippen molar-refractivity contribution >= 4 is 0 Å². The number of rotatable bonds is 6. The van der Waals surface area contributed by atoms with E-state index in [-0.39, 0.29) is 0 Å². The lowest BCUT2D eigenvalue weighted by Gasteiger charge is -2.33. The first-order chi connectivity index (χ1) is 9.13. The fourth-order valence-electron chi connectivity index (χ4n) is 3.39. The summed E-state index contributed by atoms with van der Waals surface area (Å²) in [5.74, 6) is 0. The Balaban J connectivity index is 1.92. The van der Waals surface area contributed by atoms with Crippen LogP contribution in [0.1, 0.15) is 37.3 Å². The monoisotopic (exact) mass is 260 g/mol. The van der Waals surface area contributed by atoms with Gasteiger partial charge in [-0.3, -0.25) is 0 Å². The van der Waals surface area contributed by atoms with Crippen molar-refractivity contribution in [1.82, 2.24) is 10.2 Å². The van der Waals surface area contributed by atoms with Crippen LogP contribution in [-0.2, 0) is 6.54 Å². The van der Waals surface area contributed by atoms with Crippen LogP contribution in [0.4, 0.5) is 0 Å². The minimum atomic E-state index is 0.508. The van der Waals surface area contributed by atoms with E-state index in [1.54, 1.807) is 0 Å². The Morgan fingerprint density at radius 1 is 1.26 bits per heavy atom. The molecule has 1 unspecified atom stereocenters. The molecule has 106 valence electrons. The van der Waals surface area contributed by atoms with E-state index in [4.69, 9.17) is 0 Å². The summed E-state index contributed by atoms with van der Waals surface area (Å²) >= 11 is 0. The van der Waals surface area contributed by atoms with Gasteiger partial charge >= 0.3 is 0 Å². The smallest absolute Gasteiger partial charge is 0.0230 e. The third-order valence-corrected chi connectivity index (χ3v) is 4.29. The average Bonchev–Trinajstić information content (AvgIpc) is 2.81. The molecule has 0 radical (unpaired) electrons. The number of hydrogen-bond acceptors (Lipinski definition) is 2. The Labute approximate surface area is 118 Å². The fourth-order valence-corrected chi connectivity index (χ4v) is 3.39. The van der Waals surface area contributed by atoms with Gasteiger partial charge in [0.15, 0.2) is 0 Å². The Morgan fingerprint density at radius 3 is 2.58 bits per heavy atom. The van der Waals surface area contributed by atoms with Crippen molar-refractivity contribution in [1.29, 1.82) is 0 Å². The molecule has 0 aliphatic carbocycles. The second-order valence-electron chi connectivity index (χ2n) is 6.33. The topological polar surface area (TPSA) is 15.3 Å². The zero-order valence-electron chi connectivity index (χ0n) is 12.7. The highest BCUT2D eigenvalue weighted by Gasteiger charge is 2.33. The van der Waals surface area contributed by atoms with Gasteiger partial charge in [-0.25, -0.2) is 0 Å². The van der Waals surface area contributed by atoms with Gasteiger partial charge in [0.05, 0.1) is 0 Å². The summed E-state index contributed by atoms with van der Waals surface area (Å²) in [7, 11) is 2.26. The van der Waals surface area contributed by atoms with E-state index in [1.807, 2.05) is 0 Å². The Bertz CT molecular complexity index is 377. The van der Waals surface area contributed by atoms with Crippen LogP contribution >= 0.6 is 0 Å². The molecule has 0 amide bonds. The summed E-state index contributed by atoms with van der Waals surface area (Å²) in [6, 6.07) is 8.93. The number of nitrogens with one attached hydrogen (secondary N) is 1. The predicted molar refractivity (Wildman–Crippen MR) is 82.3 cm³/mol. The van der Waals surface area contributed by atoms with Gasteiger partial charge in [-0.15, -0.1) is 0 Å². The molecule has 2 rings (SSSR count). The summed E-state index contributed by atoms with van der Waals surface area (Å²) < 4.78 is 0. The molecule has 1 fully saturated rings. The molecule has 2 heteroatoms. The maximum atomic E-state index is 3.55. The average molecular weight is 260 g/mol. The molecule has 1 N–H and O–H groups in total. The zero-order valence-corrected chi connectivity index (χ0v) is 12.7. The van der Waals surface area contributed by atoms with Crippen molar-refractivity contribution in [2.45, 2.75) is 39.7 Å². The van der Waals surface area contributed by atoms with Crippen molar-refractivity contribution < 1.29 is 0 Å². The number of nitrogens with zero attached hydrogens (tertiary/aromatic N) is 1. The number of aryl methyl sites for hydroxylation is 1. The fraction of sp³-hybridized carbons (Fsp3) is 0.647. The van der Waals surface area contributed by atoms with Crippen molar-refractivity contribution in [2.24, 2.45) is 5.41 Å². The van der Waals surface area contributed by atoms with Crippen LogP contribution < -0.4 is 5.32 Å². The van der Waals surface area contributed by atoms with Crippen LogP contribution in [0, 0.1) is 12.3 Å². The molecule has 1 aliphatic rings. The van der Waals surface area contributed by atoms with Crippen molar-refractivity contribution in [2.75, 3.05) is 26.7 Å². The minimum absolute atomic E-state index is 0.508. The molecule has 1 aromatic carbocycles. The third-order valence-electron chi connectivity index (χ3n) is 4.29. The Hall–Kier alpha value is -0.860. The molecule has 2 nitrogen and oxygen atoms in total. The Morgan fingerprint density at radius 2 is 2.00 bits per heavy atom. The molecule has 1 heterocycles. The van der Waals surface area contributed by atoms with Crippen LogP contribution in [0.3, 0.4) is 0 Å². The molecule has 1 atom stereocenters. The maximum absolute atomic E-state index is 3.55. The van der Waals surface area contributed by atoms with E-state index in [0.29, 0.717) is 5.41 Å². The first-order valence-corrected chi connectivity index (χ1v) is 7.58. The van der Waals surface area contributed by atoms with Gasteiger partial charge in [-0.05, 0) is 44.3 Å². The molecule has 1 aromatic rings. The maximum Gasteiger partial charge on any atom is 0.0230 e. The SMILES string of the molecule is CCCC1(CN(C)Cc2ccc(C)cc2)CCNC1. The lowest BCUT2D eigenvalue weighted by atomic mass is 9.82. The van der Waals surface area contributed by atoms with Crippen molar-refractivity contribution in [3.8, 4) is 0 Å². The van der Waals surface area contributed by atoms with E-state index in [0.717, 1.165) is 6.54 Å². The van der Waals surface area contributed by atoms with E-state index in [1.165, 1.54) is 50.0 Å². The lowest BCUT2D eigenvalue weighted by molar-refractivity contribution is 0.172. The minimum Gasteiger partial charge on any atom is -0.316 e. The first-order valence-electron chi connectivity index (χ1n) is 7.58. The van der Waals surface area contributed by atoms with E-state index in [9.17, 15) is 0 Å². The highest BCUT2D eigenvalue weighted by atomic mass is 15.1. The standard InChI is InChI=1S/C17H28N2/c1-4-9-17(10-11-18-13-17)14-19(3)12-16-7-5-15(2)6-8-16/h5-8,18H,4,9-14H2,1-3H3. The predicted octanol–water partition coefficient (Wildman–Crippen LogP) is 3.21. The summed E-state index contributed by atoms with van der Waals surface area (Å²) in [6.07, 6.45) is 3.97. The number of benzene rings is 1. The molecule has 0 saturated carbocycles. The highest BCUT2D eigenvalue weighted by molar-refractivity contribution is 5.21. The van der Waals surface area contributed by atoms with Gasteiger partial charge < -0.3 is 10.2 Å². The van der Waals surface area contributed by atoms with Crippen LogP contribution in [0.5, 0.6) is 0 Å². The largest absolute Gasteiger partial charge is 0.316 e. The van der Waals surface area contributed by atoms with Crippen LogP contribution in [-0.4, -0.2) is 31.6 Å². The van der Waals surface area contributed by atoms with Crippen molar-refractivity contribution in [3.63, 3.8) is 0 Å². The van der Waals surface area contributed by atoms with Crippen LogP contribution in [0.15, 0.2) is 24.3 Å². The van der Waals surface area contributed by atoms with Gasteiger partial charge in [0.1, 0.15) is 0 Å². The van der Waals surface area contributed by atoms with Crippen molar-refractivity contribution in [3.05, 3.63) is 35.4 Å². The summed E-state index contributed by atoms with van der Waals surface area (Å²) in [4.78, 5) is 2.49. The van der Waals surface area contributed by atoms with E-state index in [2.05, 4.69) is 55.4 Å². The zero-order chi connectivity index (χ0) is 13.7. The van der Waals surface area contributed by atoms with Crippen LogP contribution in [0.2, 0.25) is 0 Å². The van der Waals surface area contributed by atoms with Crippen LogP contribution in [0.25, 0.3) is 0 Å². The summed E-state index contributed by atoms with van der Waals surface area (Å²) in [5, 5.41) is 3.55. The molecule has 0 spiro atoms. The van der Waals surface area contributed by atoms with Gasteiger partial charge in [-0.1, -0.05) is 43.2 Å². The second kappa shape index (κ2) is 6.53. The lowest BCUT2D eigenvalue weighted by Crippen LogP contribution is -2.37. The normalized spacial score (nSPS) is 23.2. The number of hydrogen-bond donors (Lipinski definition) is 1. The molecule has 1 aliphatic heterocycles. The summed E-state index contributed by atoms with van der Waals surface area (Å²) in [6.45, 7) is 9.11. The van der Waals surface area contributed by atoms with Gasteiger partial charge in [0.25, 0.3) is 0 Å². The highest BCUT2D eigenvalue weighted by Crippen LogP contribution is 2.32. The molecule has 0 aromatic heterocycles. The summed E-state index contributed by atoms with van der Waals surface area (Å²) in [5.41, 5.74) is 3.27. The van der Waals surface area contributed by atoms with Gasteiger partial charge in [0.2, 0.25) is 0 Å². The second-order valence-corrected chi connectivity index (χ2v) is 6.33. The quantitative estimate of drug-likeness (QED) is 0.845. The van der Waals surface area contributed by atoms with Gasteiger partial charge in [0, 0.05) is 19.6 Å². The Kier molecular flexibility index (Phi) is 5.00. The van der Waals surface area contributed by atoms with Gasteiger partial charge in [-0.2, -0.15) is 0 Å². The molecular formula is C17H28N2. The third kappa shape index (κ3) is 4.05. The van der Waals surface area contributed by atoms with E-state index < -0.39 is 0 Å². The molecular weight excluding hydrogens is 232 g/mol. The molecule has 19 heavy (non-hydrogen) atoms. The molecule has 1 saturated heterocycles. The van der Waals surface area contributed by atoms with E-state index >= 15 is 0 Å². The first kappa shape index (κ1) is 14.5.